The number of nitrogens with one attached hydrogen (secondary N) is 1. The van der Waals surface area contributed by atoms with Crippen molar-refractivity contribution in [1.82, 2.24) is 19.1 Å². The zero-order valence-electron chi connectivity index (χ0n) is 18.0. The first-order valence-corrected chi connectivity index (χ1v) is 12.5. The van der Waals surface area contributed by atoms with Crippen molar-refractivity contribution in [2.45, 2.75) is 62.8 Å². The number of rotatable bonds is 6. The van der Waals surface area contributed by atoms with Gasteiger partial charge in [-0.1, -0.05) is 0 Å². The minimum Gasteiger partial charge on any atom is -0.325 e. The lowest BCUT2D eigenvalue weighted by molar-refractivity contribution is -0.119. The van der Waals surface area contributed by atoms with Crippen LogP contribution >= 0.6 is 0 Å². The molecular weight excluding hydrogens is 414 g/mol. The van der Waals surface area contributed by atoms with Crippen molar-refractivity contribution in [3.63, 3.8) is 0 Å². The molecule has 0 bridgehead atoms. The van der Waals surface area contributed by atoms with Gasteiger partial charge in [0.25, 0.3) is 0 Å². The van der Waals surface area contributed by atoms with E-state index in [1.165, 1.54) is 12.8 Å². The molecule has 1 aromatic carbocycles. The molecule has 1 atom stereocenters. The van der Waals surface area contributed by atoms with Gasteiger partial charge in [-0.2, -0.15) is 4.31 Å². The van der Waals surface area contributed by atoms with Gasteiger partial charge in [-0.05, 0) is 75.1 Å². The van der Waals surface area contributed by atoms with Gasteiger partial charge in [-0.15, -0.1) is 10.2 Å². The Balaban J connectivity index is 1.34. The van der Waals surface area contributed by atoms with Crippen LogP contribution in [-0.4, -0.2) is 46.5 Å². The Morgan fingerprint density at radius 3 is 2.77 bits per heavy atom. The van der Waals surface area contributed by atoms with Crippen LogP contribution in [0.1, 0.15) is 50.9 Å². The predicted octanol–water partition coefficient (Wildman–Crippen LogP) is 2.56. The van der Waals surface area contributed by atoms with Crippen molar-refractivity contribution < 1.29 is 13.2 Å². The molecule has 0 spiro atoms. The lowest BCUT2D eigenvalue weighted by Crippen LogP contribution is -2.40. The van der Waals surface area contributed by atoms with E-state index in [0.29, 0.717) is 18.8 Å². The fraction of sp³-hybridized carbons (Fsp3) is 0.591. The van der Waals surface area contributed by atoms with Gasteiger partial charge in [0.05, 0.1) is 10.3 Å². The van der Waals surface area contributed by atoms with Gasteiger partial charge in [0.15, 0.2) is 0 Å². The van der Waals surface area contributed by atoms with Gasteiger partial charge in [-0.25, -0.2) is 8.42 Å². The Morgan fingerprint density at radius 2 is 2.00 bits per heavy atom. The lowest BCUT2D eigenvalue weighted by atomic mass is 9.86. The van der Waals surface area contributed by atoms with Crippen LogP contribution in [0.4, 0.5) is 5.69 Å². The standard InChI is InChI=1S/C22H29N5O3S/c1-22(2)18-11-17(7-8-19(18)24-21(22)28)31(29,30)27-9-3-4-16(13-27)10-20-25-23-14-26(20)12-15-5-6-15/h7-8,11,14-16H,3-6,9-10,12-13H2,1-2H3,(H,24,28). The summed E-state index contributed by atoms with van der Waals surface area (Å²) in [7, 11) is -3.63. The summed E-state index contributed by atoms with van der Waals surface area (Å²) < 4.78 is 30.6. The first-order chi connectivity index (χ1) is 14.7. The molecule has 1 saturated carbocycles. The fourth-order valence-corrected chi connectivity index (χ4v) is 6.28. The minimum absolute atomic E-state index is 0.106. The van der Waals surface area contributed by atoms with E-state index in [2.05, 4.69) is 20.1 Å². The van der Waals surface area contributed by atoms with E-state index in [1.807, 2.05) is 13.8 Å². The number of benzene rings is 1. The van der Waals surface area contributed by atoms with Crippen molar-refractivity contribution in [2.24, 2.45) is 11.8 Å². The molecule has 1 unspecified atom stereocenters. The van der Waals surface area contributed by atoms with E-state index in [9.17, 15) is 13.2 Å². The molecule has 8 nitrogen and oxygen atoms in total. The number of hydrogen-bond acceptors (Lipinski definition) is 5. The van der Waals surface area contributed by atoms with Crippen molar-refractivity contribution in [3.05, 3.63) is 35.9 Å². The summed E-state index contributed by atoms with van der Waals surface area (Å²) in [6.45, 7) is 5.61. The Kier molecular flexibility index (Phi) is 4.93. The number of sulfonamides is 1. The molecule has 1 saturated heterocycles. The van der Waals surface area contributed by atoms with E-state index >= 15 is 0 Å². The molecule has 1 aliphatic carbocycles. The smallest absolute Gasteiger partial charge is 0.243 e. The number of fused-ring (bicyclic) bond motifs is 1. The maximum absolute atomic E-state index is 13.4. The Hall–Kier alpha value is -2.26. The average molecular weight is 444 g/mol. The molecule has 5 rings (SSSR count). The quantitative estimate of drug-likeness (QED) is 0.740. The van der Waals surface area contributed by atoms with Crippen LogP contribution in [0.3, 0.4) is 0 Å². The SMILES string of the molecule is CC1(C)C(=O)Nc2ccc(S(=O)(=O)N3CCCC(Cc4nncn4CC4CC4)C3)cc21. The molecule has 2 aliphatic heterocycles. The number of piperidine rings is 1. The maximum atomic E-state index is 13.4. The zero-order chi connectivity index (χ0) is 21.8. The summed E-state index contributed by atoms with van der Waals surface area (Å²) in [6.07, 6.45) is 6.90. The molecule has 3 aliphatic rings. The summed E-state index contributed by atoms with van der Waals surface area (Å²) in [5.41, 5.74) is 0.692. The Bertz CT molecular complexity index is 1120. The summed E-state index contributed by atoms with van der Waals surface area (Å²) >= 11 is 0. The molecule has 0 radical (unpaired) electrons. The molecule has 2 aromatic rings. The van der Waals surface area contributed by atoms with Crippen molar-refractivity contribution >= 4 is 21.6 Å². The monoisotopic (exact) mass is 443 g/mol. The molecule has 3 heterocycles. The van der Waals surface area contributed by atoms with Crippen LogP contribution < -0.4 is 5.32 Å². The third-order valence-electron chi connectivity index (χ3n) is 6.92. The number of anilines is 1. The van der Waals surface area contributed by atoms with Crippen LogP contribution in [0.2, 0.25) is 0 Å². The van der Waals surface area contributed by atoms with Crippen LogP contribution in [0.5, 0.6) is 0 Å². The zero-order valence-corrected chi connectivity index (χ0v) is 18.9. The first-order valence-electron chi connectivity index (χ1n) is 11.1. The summed E-state index contributed by atoms with van der Waals surface area (Å²) in [5.74, 6) is 1.81. The molecule has 1 amide bonds. The van der Waals surface area contributed by atoms with E-state index in [1.54, 1.807) is 28.8 Å². The summed E-state index contributed by atoms with van der Waals surface area (Å²) in [5, 5.41) is 11.2. The van der Waals surface area contributed by atoms with Crippen LogP contribution in [-0.2, 0) is 33.2 Å². The second-order valence-electron chi connectivity index (χ2n) is 9.70. The molecule has 2 fully saturated rings. The van der Waals surface area contributed by atoms with Gasteiger partial charge in [0, 0.05) is 31.7 Å². The van der Waals surface area contributed by atoms with Crippen molar-refractivity contribution in [2.75, 3.05) is 18.4 Å². The molecule has 31 heavy (non-hydrogen) atoms. The van der Waals surface area contributed by atoms with Gasteiger partial charge in [0.2, 0.25) is 15.9 Å². The van der Waals surface area contributed by atoms with Crippen LogP contribution in [0, 0.1) is 11.8 Å². The average Bonchev–Trinajstić information content (AvgIpc) is 3.41. The minimum atomic E-state index is -3.63. The lowest BCUT2D eigenvalue weighted by Gasteiger charge is -2.32. The highest BCUT2D eigenvalue weighted by atomic mass is 32.2. The molecular formula is C22H29N5O3S. The predicted molar refractivity (Wildman–Crippen MR) is 116 cm³/mol. The molecule has 166 valence electrons. The van der Waals surface area contributed by atoms with Gasteiger partial charge in [-0.3, -0.25) is 4.79 Å². The van der Waals surface area contributed by atoms with E-state index < -0.39 is 15.4 Å². The number of aromatic nitrogens is 3. The highest BCUT2D eigenvalue weighted by molar-refractivity contribution is 7.89. The highest BCUT2D eigenvalue weighted by Gasteiger charge is 2.40. The van der Waals surface area contributed by atoms with Gasteiger partial charge in [0.1, 0.15) is 12.2 Å². The van der Waals surface area contributed by atoms with Crippen LogP contribution in [0.15, 0.2) is 29.4 Å². The summed E-state index contributed by atoms with van der Waals surface area (Å²) in [4.78, 5) is 12.5. The van der Waals surface area contributed by atoms with Crippen molar-refractivity contribution in [3.8, 4) is 0 Å². The molecule has 1 aromatic heterocycles. The second kappa shape index (κ2) is 7.41. The maximum Gasteiger partial charge on any atom is 0.243 e. The number of hydrogen-bond donors (Lipinski definition) is 1. The largest absolute Gasteiger partial charge is 0.325 e. The van der Waals surface area contributed by atoms with Crippen molar-refractivity contribution in [1.29, 1.82) is 0 Å². The number of nitrogens with zero attached hydrogens (tertiary/aromatic N) is 4. The van der Waals surface area contributed by atoms with E-state index in [4.69, 9.17) is 0 Å². The topological polar surface area (TPSA) is 97.2 Å². The Morgan fingerprint density at radius 1 is 1.19 bits per heavy atom. The highest BCUT2D eigenvalue weighted by Crippen LogP contribution is 2.39. The fourth-order valence-electron chi connectivity index (χ4n) is 4.70. The Labute approximate surface area is 183 Å². The number of carbonyl (C=O) groups is 1. The normalized spacial score (nSPS) is 23.5. The molecule has 9 heteroatoms. The number of amides is 1. The molecule has 1 N–H and O–H groups in total. The van der Waals surface area contributed by atoms with E-state index in [0.717, 1.165) is 43.1 Å². The summed E-state index contributed by atoms with van der Waals surface area (Å²) in [6, 6.07) is 4.97. The van der Waals surface area contributed by atoms with Gasteiger partial charge < -0.3 is 9.88 Å². The van der Waals surface area contributed by atoms with E-state index in [-0.39, 0.29) is 16.7 Å². The third-order valence-corrected chi connectivity index (χ3v) is 8.78. The third kappa shape index (κ3) is 3.78. The first kappa shape index (κ1) is 20.6. The van der Waals surface area contributed by atoms with Crippen LogP contribution in [0.25, 0.3) is 0 Å². The van der Waals surface area contributed by atoms with Gasteiger partial charge >= 0.3 is 0 Å². The second-order valence-corrected chi connectivity index (χ2v) is 11.6. The number of carbonyl (C=O) groups excluding carboxylic acids is 1.